The van der Waals surface area contributed by atoms with Crippen LogP contribution in [0.15, 0.2) is 201 Å². The van der Waals surface area contributed by atoms with E-state index >= 15 is 0 Å². The molecular weight excluding hydrogens is 747 g/mol. The van der Waals surface area contributed by atoms with Gasteiger partial charge in [0.05, 0.1) is 5.69 Å². The lowest BCUT2D eigenvalue weighted by molar-refractivity contribution is 0.660. The maximum atomic E-state index is 7.01. The molecule has 13 rings (SSSR count). The molecule has 12 aromatic rings. The normalized spacial score (nSPS) is 13.2. The van der Waals surface area contributed by atoms with Crippen molar-refractivity contribution in [1.82, 2.24) is 0 Å². The van der Waals surface area contributed by atoms with Crippen molar-refractivity contribution in [3.05, 3.63) is 199 Å². The molecule has 61 heavy (non-hydrogen) atoms. The highest BCUT2D eigenvalue weighted by Crippen LogP contribution is 2.52. The summed E-state index contributed by atoms with van der Waals surface area (Å²) in [5.41, 5.74) is 17.7. The molecule has 3 heterocycles. The molecule has 0 saturated carbocycles. The van der Waals surface area contributed by atoms with Crippen LogP contribution in [0.1, 0.15) is 25.0 Å². The number of para-hydroxylation sites is 3. The average Bonchev–Trinajstić information content (AvgIpc) is 4.04. The molecule has 4 nitrogen and oxygen atoms in total. The molecule has 9 aromatic carbocycles. The molecule has 4 heteroatoms. The minimum Gasteiger partial charge on any atom is -0.456 e. The first-order valence-corrected chi connectivity index (χ1v) is 20.9. The fourth-order valence-corrected chi connectivity index (χ4v) is 10.1. The zero-order chi connectivity index (χ0) is 40.4. The molecular formula is C57H37NO3. The van der Waals surface area contributed by atoms with Crippen LogP contribution >= 0.6 is 0 Å². The second kappa shape index (κ2) is 12.6. The van der Waals surface area contributed by atoms with E-state index in [1.165, 1.54) is 27.8 Å². The van der Waals surface area contributed by atoms with Gasteiger partial charge < -0.3 is 18.2 Å². The van der Waals surface area contributed by atoms with Crippen LogP contribution < -0.4 is 4.90 Å². The van der Waals surface area contributed by atoms with E-state index < -0.39 is 0 Å². The van der Waals surface area contributed by atoms with Crippen molar-refractivity contribution >= 4 is 82.9 Å². The van der Waals surface area contributed by atoms with Crippen LogP contribution in [0.4, 0.5) is 17.1 Å². The maximum absolute atomic E-state index is 7.01. The van der Waals surface area contributed by atoms with E-state index in [1.807, 2.05) is 18.2 Å². The predicted molar refractivity (Wildman–Crippen MR) is 251 cm³/mol. The third-order valence-electron chi connectivity index (χ3n) is 13.1. The van der Waals surface area contributed by atoms with Crippen molar-refractivity contribution in [2.45, 2.75) is 19.3 Å². The van der Waals surface area contributed by atoms with Gasteiger partial charge in [0.15, 0.2) is 5.58 Å². The summed E-state index contributed by atoms with van der Waals surface area (Å²) in [4.78, 5) is 2.35. The van der Waals surface area contributed by atoms with Gasteiger partial charge >= 0.3 is 0 Å². The molecule has 0 amide bonds. The zero-order valence-electron chi connectivity index (χ0n) is 33.6. The third kappa shape index (κ3) is 5.00. The Kier molecular flexibility index (Phi) is 7.04. The molecule has 1 aliphatic carbocycles. The van der Waals surface area contributed by atoms with E-state index in [0.717, 1.165) is 99.6 Å². The highest BCUT2D eigenvalue weighted by Gasteiger charge is 2.36. The van der Waals surface area contributed by atoms with Crippen LogP contribution in [0.25, 0.3) is 99.2 Å². The number of anilines is 3. The summed E-state index contributed by atoms with van der Waals surface area (Å²) in [6.45, 7) is 4.67. The van der Waals surface area contributed by atoms with Crippen LogP contribution in [0.3, 0.4) is 0 Å². The Bertz CT molecular complexity index is 3730. The van der Waals surface area contributed by atoms with Crippen molar-refractivity contribution < 1.29 is 13.3 Å². The molecule has 3 aromatic heterocycles. The lowest BCUT2D eigenvalue weighted by Gasteiger charge is -2.28. The molecule has 0 fully saturated rings. The van der Waals surface area contributed by atoms with E-state index in [9.17, 15) is 0 Å². The maximum Gasteiger partial charge on any atom is 0.159 e. The summed E-state index contributed by atoms with van der Waals surface area (Å²) in [6, 6.07) is 66.9. The summed E-state index contributed by atoms with van der Waals surface area (Å²) in [5.74, 6) is 0. The highest BCUT2D eigenvalue weighted by atomic mass is 16.3. The fraction of sp³-hybridized carbons (Fsp3) is 0.0526. The van der Waals surface area contributed by atoms with Crippen LogP contribution in [0, 0.1) is 0 Å². The Hall–Kier alpha value is -7.82. The highest BCUT2D eigenvalue weighted by molar-refractivity contribution is 6.17. The van der Waals surface area contributed by atoms with Crippen LogP contribution in [-0.4, -0.2) is 0 Å². The van der Waals surface area contributed by atoms with Gasteiger partial charge in [0.1, 0.15) is 27.9 Å². The van der Waals surface area contributed by atoms with Gasteiger partial charge in [0.25, 0.3) is 0 Å². The Morgan fingerprint density at radius 1 is 0.344 bits per heavy atom. The largest absolute Gasteiger partial charge is 0.456 e. The average molecular weight is 784 g/mol. The van der Waals surface area contributed by atoms with Crippen molar-refractivity contribution in [2.75, 3.05) is 4.90 Å². The quantitative estimate of drug-likeness (QED) is 0.174. The van der Waals surface area contributed by atoms with Gasteiger partial charge in [-0.3, -0.25) is 0 Å². The Labute approximate surface area is 351 Å². The van der Waals surface area contributed by atoms with Gasteiger partial charge in [-0.25, -0.2) is 0 Å². The van der Waals surface area contributed by atoms with Gasteiger partial charge in [0, 0.05) is 54.7 Å². The lowest BCUT2D eigenvalue weighted by Crippen LogP contribution is -2.16. The smallest absolute Gasteiger partial charge is 0.159 e. The van der Waals surface area contributed by atoms with Gasteiger partial charge in [0.2, 0.25) is 0 Å². The van der Waals surface area contributed by atoms with Crippen molar-refractivity contribution in [2.24, 2.45) is 0 Å². The number of nitrogens with zero attached hydrogens (tertiary/aromatic N) is 1. The van der Waals surface area contributed by atoms with Gasteiger partial charge in [-0.15, -0.1) is 0 Å². The summed E-state index contributed by atoms with van der Waals surface area (Å²) >= 11 is 0. The number of hydrogen-bond acceptors (Lipinski definition) is 4. The molecule has 0 bridgehead atoms. The summed E-state index contributed by atoms with van der Waals surface area (Å²) in [7, 11) is 0. The summed E-state index contributed by atoms with van der Waals surface area (Å²) < 4.78 is 20.0. The van der Waals surface area contributed by atoms with Crippen LogP contribution in [0.5, 0.6) is 0 Å². The number of rotatable bonds is 5. The van der Waals surface area contributed by atoms with E-state index in [-0.39, 0.29) is 5.41 Å². The molecule has 1 aliphatic rings. The Morgan fingerprint density at radius 2 is 0.951 bits per heavy atom. The minimum absolute atomic E-state index is 0.161. The fourth-order valence-electron chi connectivity index (χ4n) is 10.1. The van der Waals surface area contributed by atoms with E-state index in [2.05, 4.69) is 189 Å². The molecule has 0 saturated heterocycles. The van der Waals surface area contributed by atoms with Gasteiger partial charge in [-0.05, 0) is 99.6 Å². The number of hydrogen-bond donors (Lipinski definition) is 0. The topological polar surface area (TPSA) is 42.7 Å². The monoisotopic (exact) mass is 783 g/mol. The second-order valence-corrected chi connectivity index (χ2v) is 16.8. The summed E-state index contributed by atoms with van der Waals surface area (Å²) in [6.07, 6.45) is 0. The Morgan fingerprint density at radius 3 is 1.82 bits per heavy atom. The van der Waals surface area contributed by atoms with Crippen LogP contribution in [-0.2, 0) is 5.41 Å². The van der Waals surface area contributed by atoms with Gasteiger partial charge in [-0.2, -0.15) is 0 Å². The van der Waals surface area contributed by atoms with E-state index in [1.54, 1.807) is 0 Å². The Balaban J connectivity index is 0.992. The molecule has 0 unspecified atom stereocenters. The first kappa shape index (κ1) is 34.1. The van der Waals surface area contributed by atoms with Crippen molar-refractivity contribution in [3.63, 3.8) is 0 Å². The van der Waals surface area contributed by atoms with Crippen molar-refractivity contribution in [1.29, 1.82) is 0 Å². The number of benzene rings is 9. The molecule has 0 atom stereocenters. The van der Waals surface area contributed by atoms with Gasteiger partial charge in [-0.1, -0.05) is 141 Å². The third-order valence-corrected chi connectivity index (χ3v) is 13.1. The molecule has 0 radical (unpaired) electrons. The first-order valence-electron chi connectivity index (χ1n) is 20.9. The lowest BCUT2D eigenvalue weighted by atomic mass is 9.82. The predicted octanol–water partition coefficient (Wildman–Crippen LogP) is 16.5. The zero-order valence-corrected chi connectivity index (χ0v) is 33.6. The number of fused-ring (bicyclic) bond motifs is 12. The van der Waals surface area contributed by atoms with Crippen molar-refractivity contribution in [3.8, 4) is 33.4 Å². The molecule has 0 N–H and O–H groups in total. The van der Waals surface area contributed by atoms with Crippen LogP contribution in [0.2, 0.25) is 0 Å². The molecule has 288 valence electrons. The SMILES string of the molecule is CC1(C)c2ccccc2-c2ccc(N(c3ccc(-c4cccc5c4oc4ccccc45)cc3)c3cccc4c3oc3cc5c(cc34)oc3ccc(-c4ccccc4)cc35)cc21. The molecule has 0 spiro atoms. The minimum atomic E-state index is -0.161. The van der Waals surface area contributed by atoms with E-state index in [0.29, 0.717) is 0 Å². The number of furan rings is 3. The van der Waals surface area contributed by atoms with E-state index in [4.69, 9.17) is 13.3 Å². The second-order valence-electron chi connectivity index (χ2n) is 16.8. The summed E-state index contributed by atoms with van der Waals surface area (Å²) in [5, 5.41) is 6.40. The molecule has 0 aliphatic heterocycles. The first-order chi connectivity index (χ1) is 30.0. The standard InChI is InChI=1S/C57H37NO3/c1-57(2)48-19-8-6-14-40(48)41-28-27-38(31-49(41)57)58(37-25-22-35(23-26-37)39-16-10-17-43-42-15-7-9-21-51(42)60-55(39)43)50-20-11-18-44-46-32-53-47(33-54(46)61-56(44)50)45-30-36(24-29-52(45)59-53)34-12-4-3-5-13-34/h3-33H,1-2H3.